The summed E-state index contributed by atoms with van der Waals surface area (Å²) in [5.41, 5.74) is 4.25. The van der Waals surface area contributed by atoms with E-state index in [1.807, 2.05) is 18.2 Å². The number of aliphatic hydroxyl groups excluding tert-OH is 3. The standard InChI is InChI=1S/C26H34O7/c1-2-17-5-7-18(8-6-17)12-20-10-9-19(16-31-24-4-3-11-30-24)13-23(20)33-26-25(29)22(28)14-21(15-27)32-26/h5-10,13,21-22,24-29H,2-4,11-12,14-16H2,1H3/t21-,22-,24?,25+,26+/m0/s1. The summed E-state index contributed by atoms with van der Waals surface area (Å²) in [7, 11) is 0. The number of hydrogen-bond donors (Lipinski definition) is 3. The lowest BCUT2D eigenvalue weighted by Crippen LogP contribution is -2.51. The van der Waals surface area contributed by atoms with Gasteiger partial charge in [-0.15, -0.1) is 0 Å². The molecule has 0 radical (unpaired) electrons. The summed E-state index contributed by atoms with van der Waals surface area (Å²) >= 11 is 0. The number of aliphatic hydroxyl groups is 3. The van der Waals surface area contributed by atoms with E-state index in [4.69, 9.17) is 18.9 Å². The van der Waals surface area contributed by atoms with E-state index in [-0.39, 0.29) is 19.3 Å². The van der Waals surface area contributed by atoms with Crippen molar-refractivity contribution >= 4 is 0 Å². The molecule has 2 fully saturated rings. The van der Waals surface area contributed by atoms with Gasteiger partial charge >= 0.3 is 0 Å². The number of benzene rings is 2. The van der Waals surface area contributed by atoms with Crippen LogP contribution in [0.1, 0.15) is 48.4 Å². The number of rotatable bonds is 9. The van der Waals surface area contributed by atoms with Crippen molar-refractivity contribution in [2.75, 3.05) is 13.2 Å². The first-order valence-electron chi connectivity index (χ1n) is 11.8. The largest absolute Gasteiger partial charge is 0.462 e. The highest BCUT2D eigenvalue weighted by Gasteiger charge is 2.38. The molecule has 2 aliphatic heterocycles. The van der Waals surface area contributed by atoms with Crippen molar-refractivity contribution in [2.45, 2.75) is 76.5 Å². The maximum Gasteiger partial charge on any atom is 0.229 e. The zero-order valence-corrected chi connectivity index (χ0v) is 19.1. The first kappa shape index (κ1) is 24.1. The van der Waals surface area contributed by atoms with Crippen LogP contribution < -0.4 is 4.74 Å². The van der Waals surface area contributed by atoms with Crippen LogP contribution in [0.4, 0.5) is 0 Å². The first-order valence-corrected chi connectivity index (χ1v) is 11.8. The topological polar surface area (TPSA) is 97.6 Å². The second-order valence-electron chi connectivity index (χ2n) is 8.76. The molecule has 180 valence electrons. The van der Waals surface area contributed by atoms with E-state index in [0.29, 0.717) is 18.8 Å². The van der Waals surface area contributed by atoms with Crippen LogP contribution in [0.5, 0.6) is 5.75 Å². The fraction of sp³-hybridized carbons (Fsp3) is 0.538. The van der Waals surface area contributed by atoms with Crippen LogP contribution in [0.3, 0.4) is 0 Å². The molecule has 4 rings (SSSR count). The van der Waals surface area contributed by atoms with Crippen molar-refractivity contribution in [2.24, 2.45) is 0 Å². The molecular weight excluding hydrogens is 424 g/mol. The van der Waals surface area contributed by atoms with Crippen molar-refractivity contribution in [3.05, 3.63) is 64.7 Å². The van der Waals surface area contributed by atoms with Gasteiger partial charge in [-0.05, 0) is 41.2 Å². The fourth-order valence-electron chi connectivity index (χ4n) is 4.18. The molecule has 2 heterocycles. The lowest BCUT2D eigenvalue weighted by molar-refractivity contribution is -0.240. The van der Waals surface area contributed by atoms with E-state index >= 15 is 0 Å². The van der Waals surface area contributed by atoms with Crippen LogP contribution in [0.25, 0.3) is 0 Å². The van der Waals surface area contributed by atoms with E-state index in [1.54, 1.807) is 0 Å². The third-order valence-electron chi connectivity index (χ3n) is 6.23. The number of ether oxygens (including phenoxy) is 4. The predicted molar refractivity (Wildman–Crippen MR) is 122 cm³/mol. The summed E-state index contributed by atoms with van der Waals surface area (Å²) in [6, 6.07) is 14.3. The monoisotopic (exact) mass is 458 g/mol. The van der Waals surface area contributed by atoms with Crippen LogP contribution in [-0.2, 0) is 33.7 Å². The smallest absolute Gasteiger partial charge is 0.229 e. The predicted octanol–water partition coefficient (Wildman–Crippen LogP) is 2.70. The second-order valence-corrected chi connectivity index (χ2v) is 8.76. The van der Waals surface area contributed by atoms with Gasteiger partial charge in [0.25, 0.3) is 0 Å². The molecule has 7 heteroatoms. The fourth-order valence-corrected chi connectivity index (χ4v) is 4.18. The average Bonchev–Trinajstić information content (AvgIpc) is 3.36. The maximum atomic E-state index is 10.4. The highest BCUT2D eigenvalue weighted by Crippen LogP contribution is 2.29. The molecule has 5 atom stereocenters. The van der Waals surface area contributed by atoms with Crippen LogP contribution in [0.15, 0.2) is 42.5 Å². The van der Waals surface area contributed by atoms with Gasteiger partial charge in [0.2, 0.25) is 6.29 Å². The van der Waals surface area contributed by atoms with Gasteiger partial charge in [0.15, 0.2) is 6.29 Å². The molecule has 0 aromatic heterocycles. The van der Waals surface area contributed by atoms with Crippen LogP contribution in [0.2, 0.25) is 0 Å². The Kier molecular flexibility index (Phi) is 8.35. The minimum atomic E-state index is -1.21. The molecule has 3 N–H and O–H groups in total. The molecule has 0 saturated carbocycles. The average molecular weight is 459 g/mol. The molecule has 0 amide bonds. The molecule has 1 unspecified atom stereocenters. The van der Waals surface area contributed by atoms with Crippen molar-refractivity contribution in [1.82, 2.24) is 0 Å². The van der Waals surface area contributed by atoms with E-state index in [1.165, 1.54) is 5.56 Å². The van der Waals surface area contributed by atoms with Gasteiger partial charge in [-0.1, -0.05) is 43.3 Å². The Labute approximate surface area is 194 Å². The summed E-state index contributed by atoms with van der Waals surface area (Å²) in [4.78, 5) is 0. The number of hydrogen-bond acceptors (Lipinski definition) is 7. The van der Waals surface area contributed by atoms with Crippen molar-refractivity contribution in [1.29, 1.82) is 0 Å². The van der Waals surface area contributed by atoms with Gasteiger partial charge in [0.1, 0.15) is 11.9 Å². The molecule has 0 aliphatic carbocycles. The summed E-state index contributed by atoms with van der Waals surface area (Å²) in [6.45, 7) is 2.97. The Hall–Kier alpha value is -2.00. The molecule has 0 bridgehead atoms. The van der Waals surface area contributed by atoms with Crippen LogP contribution in [0, 0.1) is 0 Å². The van der Waals surface area contributed by atoms with Gasteiger partial charge in [0.05, 0.1) is 25.4 Å². The Morgan fingerprint density at radius 1 is 1.03 bits per heavy atom. The Morgan fingerprint density at radius 2 is 1.79 bits per heavy atom. The maximum absolute atomic E-state index is 10.4. The van der Waals surface area contributed by atoms with E-state index < -0.39 is 24.6 Å². The minimum absolute atomic E-state index is 0.156. The van der Waals surface area contributed by atoms with Gasteiger partial charge in [-0.2, -0.15) is 0 Å². The highest BCUT2D eigenvalue weighted by atomic mass is 16.7. The summed E-state index contributed by atoms with van der Waals surface area (Å²) < 4.78 is 23.2. The van der Waals surface area contributed by atoms with Gasteiger partial charge in [0, 0.05) is 25.9 Å². The highest BCUT2D eigenvalue weighted by molar-refractivity contribution is 5.41. The third kappa shape index (κ3) is 6.32. The molecule has 2 saturated heterocycles. The summed E-state index contributed by atoms with van der Waals surface area (Å²) in [5, 5.41) is 30.1. The summed E-state index contributed by atoms with van der Waals surface area (Å²) in [6.07, 6.45) is -0.434. The van der Waals surface area contributed by atoms with Crippen molar-refractivity contribution < 1.29 is 34.3 Å². The third-order valence-corrected chi connectivity index (χ3v) is 6.23. The zero-order valence-electron chi connectivity index (χ0n) is 19.1. The molecule has 2 aliphatic rings. The van der Waals surface area contributed by atoms with E-state index in [2.05, 4.69) is 31.2 Å². The molecule has 33 heavy (non-hydrogen) atoms. The Morgan fingerprint density at radius 3 is 2.48 bits per heavy atom. The normalized spacial score (nSPS) is 27.6. The van der Waals surface area contributed by atoms with Crippen LogP contribution in [-0.4, -0.2) is 59.4 Å². The molecule has 7 nitrogen and oxygen atoms in total. The van der Waals surface area contributed by atoms with Gasteiger partial charge in [-0.3, -0.25) is 0 Å². The second kappa shape index (κ2) is 11.4. The zero-order chi connectivity index (χ0) is 23.2. The van der Waals surface area contributed by atoms with E-state index in [9.17, 15) is 15.3 Å². The van der Waals surface area contributed by atoms with Crippen molar-refractivity contribution in [3.63, 3.8) is 0 Å². The van der Waals surface area contributed by atoms with Gasteiger partial charge < -0.3 is 34.3 Å². The van der Waals surface area contributed by atoms with Gasteiger partial charge in [-0.25, -0.2) is 0 Å². The van der Waals surface area contributed by atoms with E-state index in [0.717, 1.165) is 42.6 Å². The molecule has 0 spiro atoms. The quantitative estimate of drug-likeness (QED) is 0.532. The number of aryl methyl sites for hydroxylation is 1. The summed E-state index contributed by atoms with van der Waals surface area (Å²) in [5.74, 6) is 0.554. The van der Waals surface area contributed by atoms with Crippen LogP contribution >= 0.6 is 0 Å². The lowest BCUT2D eigenvalue weighted by Gasteiger charge is -2.36. The molecule has 2 aromatic carbocycles. The Balaban J connectivity index is 1.54. The van der Waals surface area contributed by atoms with Crippen molar-refractivity contribution in [3.8, 4) is 5.75 Å². The molecule has 2 aromatic rings. The minimum Gasteiger partial charge on any atom is -0.462 e. The molecular formula is C26H34O7. The SMILES string of the molecule is CCc1ccc(Cc2ccc(COC3CCCO3)cc2O[C@H]2O[C@H](CO)C[C@H](O)[C@H]2O)cc1. The lowest BCUT2D eigenvalue weighted by atomic mass is 10.00. The first-order chi connectivity index (χ1) is 16.1. The Bertz CT molecular complexity index is 879.